The van der Waals surface area contributed by atoms with Crippen molar-refractivity contribution in [3.8, 4) is 0 Å². The van der Waals surface area contributed by atoms with Crippen LogP contribution in [0.5, 0.6) is 0 Å². The van der Waals surface area contributed by atoms with Crippen LogP contribution < -0.4 is 5.32 Å². The molecule has 1 aromatic rings. The minimum Gasteiger partial charge on any atom is -0.317 e. The van der Waals surface area contributed by atoms with Crippen molar-refractivity contribution < 1.29 is 0 Å². The van der Waals surface area contributed by atoms with Crippen molar-refractivity contribution in [2.75, 3.05) is 13.1 Å². The van der Waals surface area contributed by atoms with E-state index in [0.717, 1.165) is 24.5 Å². The minimum absolute atomic E-state index is 0.524. The van der Waals surface area contributed by atoms with E-state index < -0.39 is 0 Å². The highest BCUT2D eigenvalue weighted by Gasteiger charge is 2.14. The van der Waals surface area contributed by atoms with Gasteiger partial charge in [0.25, 0.3) is 0 Å². The third-order valence-corrected chi connectivity index (χ3v) is 3.82. The molecule has 1 N–H and O–H groups in total. The third-order valence-electron chi connectivity index (χ3n) is 2.64. The molecule has 1 rings (SSSR count). The molecule has 0 aliphatic heterocycles. The highest BCUT2D eigenvalue weighted by atomic mass is 32.1. The van der Waals surface area contributed by atoms with Crippen LogP contribution in [0.1, 0.15) is 43.6 Å². The molecule has 4 heteroatoms. The summed E-state index contributed by atoms with van der Waals surface area (Å²) < 4.78 is 0. The fraction of sp³-hybridized carbons (Fsp3) is 0.818. The van der Waals surface area contributed by atoms with Gasteiger partial charge in [-0.3, -0.25) is 0 Å². The van der Waals surface area contributed by atoms with Crippen LogP contribution in [0.25, 0.3) is 0 Å². The maximum atomic E-state index is 4.26. The molecule has 1 aromatic heterocycles. The third kappa shape index (κ3) is 3.87. The molecular formula is C11H21N3S. The smallest absolute Gasteiger partial charge is 0.120 e. The number of likely N-dealkylation sites (N-methyl/N-ethyl adjacent to an activating group) is 1. The van der Waals surface area contributed by atoms with Crippen molar-refractivity contribution >= 4 is 11.3 Å². The summed E-state index contributed by atoms with van der Waals surface area (Å²) in [5.41, 5.74) is 0. The van der Waals surface area contributed by atoms with Crippen molar-refractivity contribution in [1.82, 2.24) is 15.5 Å². The van der Waals surface area contributed by atoms with Crippen molar-refractivity contribution in [2.24, 2.45) is 5.92 Å². The maximum Gasteiger partial charge on any atom is 0.120 e. The number of hydrogen-bond donors (Lipinski definition) is 1. The van der Waals surface area contributed by atoms with Gasteiger partial charge in [-0.15, -0.1) is 21.5 Å². The monoisotopic (exact) mass is 227 g/mol. The van der Waals surface area contributed by atoms with Crippen molar-refractivity contribution in [3.63, 3.8) is 0 Å². The number of hydrogen-bond acceptors (Lipinski definition) is 4. The molecule has 0 aliphatic rings. The predicted molar refractivity (Wildman–Crippen MR) is 65.4 cm³/mol. The molecule has 0 aliphatic carbocycles. The Morgan fingerprint density at radius 3 is 2.60 bits per heavy atom. The Labute approximate surface area is 96.3 Å². The molecule has 86 valence electrons. The highest BCUT2D eigenvalue weighted by Crippen LogP contribution is 2.26. The van der Waals surface area contributed by atoms with Crippen molar-refractivity contribution in [1.29, 1.82) is 0 Å². The van der Waals surface area contributed by atoms with Crippen LogP contribution in [0.2, 0.25) is 0 Å². The van der Waals surface area contributed by atoms with Gasteiger partial charge in [-0.1, -0.05) is 27.7 Å². The van der Waals surface area contributed by atoms with E-state index >= 15 is 0 Å². The lowest BCUT2D eigenvalue weighted by Gasteiger charge is -2.10. The van der Waals surface area contributed by atoms with Gasteiger partial charge in [0, 0.05) is 18.9 Å². The van der Waals surface area contributed by atoms with E-state index in [-0.39, 0.29) is 0 Å². The molecule has 0 aromatic carbocycles. The molecule has 0 saturated heterocycles. The first-order valence-electron chi connectivity index (χ1n) is 5.68. The normalized spacial score (nSPS) is 13.4. The molecule has 0 spiro atoms. The Morgan fingerprint density at radius 1 is 1.27 bits per heavy atom. The number of aromatic nitrogens is 2. The second kappa shape index (κ2) is 6.18. The fourth-order valence-electron chi connectivity index (χ4n) is 1.21. The van der Waals surface area contributed by atoms with Gasteiger partial charge in [0.2, 0.25) is 0 Å². The van der Waals surface area contributed by atoms with Gasteiger partial charge in [-0.05, 0) is 12.5 Å². The number of rotatable bonds is 6. The molecule has 1 atom stereocenters. The Hall–Kier alpha value is -0.480. The largest absolute Gasteiger partial charge is 0.317 e. The zero-order valence-corrected chi connectivity index (χ0v) is 10.9. The summed E-state index contributed by atoms with van der Waals surface area (Å²) in [5.74, 6) is 1.16. The molecule has 0 fully saturated rings. The Balaban J connectivity index is 2.48. The van der Waals surface area contributed by atoms with E-state index in [0.29, 0.717) is 11.8 Å². The van der Waals surface area contributed by atoms with E-state index in [1.165, 1.54) is 5.01 Å². The van der Waals surface area contributed by atoms with E-state index in [1.807, 2.05) is 0 Å². The van der Waals surface area contributed by atoms with Crippen molar-refractivity contribution in [3.05, 3.63) is 10.0 Å². The van der Waals surface area contributed by atoms with Gasteiger partial charge in [0.1, 0.15) is 10.0 Å². The SMILES string of the molecule is CCNCCc1nnc(C(C)C(C)C)s1. The van der Waals surface area contributed by atoms with E-state index in [2.05, 4.69) is 43.2 Å². The summed E-state index contributed by atoms with van der Waals surface area (Å²) >= 11 is 1.76. The van der Waals surface area contributed by atoms with Gasteiger partial charge in [-0.25, -0.2) is 0 Å². The zero-order chi connectivity index (χ0) is 11.3. The molecule has 0 saturated carbocycles. The number of nitrogens with zero attached hydrogens (tertiary/aromatic N) is 2. The van der Waals surface area contributed by atoms with Gasteiger partial charge in [0.15, 0.2) is 0 Å². The summed E-state index contributed by atoms with van der Waals surface area (Å²) in [5, 5.41) is 14.1. The first kappa shape index (κ1) is 12.6. The van der Waals surface area contributed by atoms with Gasteiger partial charge in [0.05, 0.1) is 0 Å². The quantitative estimate of drug-likeness (QED) is 0.759. The first-order chi connectivity index (χ1) is 7.15. The van der Waals surface area contributed by atoms with Crippen molar-refractivity contribution in [2.45, 2.75) is 40.0 Å². The molecule has 1 unspecified atom stereocenters. The van der Waals surface area contributed by atoms with E-state index in [1.54, 1.807) is 11.3 Å². The second-order valence-corrected chi connectivity index (χ2v) is 5.26. The average Bonchev–Trinajstić information content (AvgIpc) is 2.65. The second-order valence-electron chi connectivity index (χ2n) is 4.17. The predicted octanol–water partition coefficient (Wildman–Crippen LogP) is 2.45. The molecular weight excluding hydrogens is 206 g/mol. The summed E-state index contributed by atoms with van der Waals surface area (Å²) in [6.07, 6.45) is 0.996. The first-order valence-corrected chi connectivity index (χ1v) is 6.49. The Bertz CT molecular complexity index is 283. The summed E-state index contributed by atoms with van der Waals surface area (Å²) in [7, 11) is 0. The van der Waals surface area contributed by atoms with Crippen LogP contribution in [-0.2, 0) is 6.42 Å². The average molecular weight is 227 g/mol. The van der Waals surface area contributed by atoms with Crippen LogP contribution in [0, 0.1) is 5.92 Å². The summed E-state index contributed by atoms with van der Waals surface area (Å²) in [6, 6.07) is 0. The van der Waals surface area contributed by atoms with Crippen LogP contribution in [0.15, 0.2) is 0 Å². The minimum atomic E-state index is 0.524. The lowest BCUT2D eigenvalue weighted by atomic mass is 9.99. The maximum absolute atomic E-state index is 4.26. The van der Waals surface area contributed by atoms with Crippen LogP contribution in [-0.4, -0.2) is 23.3 Å². The summed E-state index contributed by atoms with van der Waals surface area (Å²) in [6.45, 7) is 10.8. The topological polar surface area (TPSA) is 37.8 Å². The lowest BCUT2D eigenvalue weighted by Crippen LogP contribution is -2.15. The van der Waals surface area contributed by atoms with Gasteiger partial charge >= 0.3 is 0 Å². The van der Waals surface area contributed by atoms with Crippen LogP contribution >= 0.6 is 11.3 Å². The zero-order valence-electron chi connectivity index (χ0n) is 10.1. The molecule has 3 nitrogen and oxygen atoms in total. The van der Waals surface area contributed by atoms with E-state index in [4.69, 9.17) is 0 Å². The Kier molecular flexibility index (Phi) is 5.19. The van der Waals surface area contributed by atoms with Gasteiger partial charge < -0.3 is 5.32 Å². The summed E-state index contributed by atoms with van der Waals surface area (Å²) in [4.78, 5) is 0. The molecule has 0 bridgehead atoms. The highest BCUT2D eigenvalue weighted by molar-refractivity contribution is 7.11. The molecule has 15 heavy (non-hydrogen) atoms. The molecule has 0 radical (unpaired) electrons. The fourth-order valence-corrected chi connectivity index (χ4v) is 2.28. The molecule has 1 heterocycles. The van der Waals surface area contributed by atoms with Crippen LogP contribution in [0.4, 0.5) is 0 Å². The standard InChI is InChI=1S/C11H21N3S/c1-5-12-7-6-10-13-14-11(15-10)9(4)8(2)3/h8-9,12H,5-7H2,1-4H3. The lowest BCUT2D eigenvalue weighted by molar-refractivity contribution is 0.529. The van der Waals surface area contributed by atoms with Crippen LogP contribution in [0.3, 0.4) is 0 Å². The Morgan fingerprint density at radius 2 is 2.00 bits per heavy atom. The van der Waals surface area contributed by atoms with Gasteiger partial charge in [-0.2, -0.15) is 0 Å². The van der Waals surface area contributed by atoms with E-state index in [9.17, 15) is 0 Å². The number of nitrogens with one attached hydrogen (secondary N) is 1. The molecule has 0 amide bonds.